The van der Waals surface area contributed by atoms with Crippen LogP contribution in [0.25, 0.3) is 0 Å². The average Bonchev–Trinajstić information content (AvgIpc) is 2.33. The summed E-state index contributed by atoms with van der Waals surface area (Å²) in [5.41, 5.74) is 0. The van der Waals surface area contributed by atoms with Crippen LogP contribution in [0.15, 0.2) is 0 Å². The van der Waals surface area contributed by atoms with E-state index in [0.29, 0.717) is 12.3 Å². The zero-order valence-corrected chi connectivity index (χ0v) is 11.3. The van der Waals surface area contributed by atoms with Crippen LogP contribution < -0.4 is 5.32 Å². The first-order valence-electron chi connectivity index (χ1n) is 6.35. The maximum Gasteiger partial charge on any atom is 0.222 e. The third-order valence-corrected chi connectivity index (χ3v) is 2.67. The molecular formula is C12H27N3O. The van der Waals surface area contributed by atoms with Gasteiger partial charge in [0.1, 0.15) is 0 Å². The minimum Gasteiger partial charge on any atom is -0.340 e. The fourth-order valence-electron chi connectivity index (χ4n) is 1.63. The maximum atomic E-state index is 11.7. The number of piperazine rings is 1. The SMILES string of the molecule is CC.CNCCCC(=O)N1CCN(C)CC1. The highest BCUT2D eigenvalue weighted by Crippen LogP contribution is 2.02. The molecule has 0 saturated carbocycles. The monoisotopic (exact) mass is 229 g/mol. The van der Waals surface area contributed by atoms with Gasteiger partial charge in [0.05, 0.1) is 0 Å². The van der Waals surface area contributed by atoms with Crippen LogP contribution in [0.2, 0.25) is 0 Å². The molecular weight excluding hydrogens is 202 g/mol. The smallest absolute Gasteiger partial charge is 0.222 e. The van der Waals surface area contributed by atoms with E-state index in [4.69, 9.17) is 0 Å². The van der Waals surface area contributed by atoms with E-state index in [0.717, 1.165) is 39.1 Å². The number of carbonyl (C=O) groups is 1. The summed E-state index contributed by atoms with van der Waals surface area (Å²) >= 11 is 0. The zero-order chi connectivity index (χ0) is 12.4. The Morgan fingerprint density at radius 3 is 2.25 bits per heavy atom. The molecule has 1 saturated heterocycles. The first kappa shape index (κ1) is 15.4. The van der Waals surface area contributed by atoms with Crippen molar-refractivity contribution in [2.24, 2.45) is 0 Å². The second-order valence-electron chi connectivity index (χ2n) is 3.89. The Hall–Kier alpha value is -0.610. The van der Waals surface area contributed by atoms with Crippen LogP contribution in [-0.4, -0.2) is 62.5 Å². The van der Waals surface area contributed by atoms with Gasteiger partial charge in [0.15, 0.2) is 0 Å². The van der Waals surface area contributed by atoms with Crippen molar-refractivity contribution in [2.75, 3.05) is 46.8 Å². The van der Waals surface area contributed by atoms with Gasteiger partial charge in [0, 0.05) is 32.6 Å². The summed E-state index contributed by atoms with van der Waals surface area (Å²) in [5, 5.41) is 3.05. The Morgan fingerprint density at radius 2 is 1.75 bits per heavy atom. The van der Waals surface area contributed by atoms with E-state index in [-0.39, 0.29) is 0 Å². The Balaban J connectivity index is 0.00000106. The van der Waals surface area contributed by atoms with Crippen LogP contribution in [0.1, 0.15) is 26.7 Å². The minimum atomic E-state index is 0.313. The van der Waals surface area contributed by atoms with Crippen LogP contribution in [0.4, 0.5) is 0 Å². The van der Waals surface area contributed by atoms with Crippen LogP contribution >= 0.6 is 0 Å². The van der Waals surface area contributed by atoms with Crippen molar-refractivity contribution in [3.05, 3.63) is 0 Å². The third kappa shape index (κ3) is 6.08. The number of hydrogen-bond donors (Lipinski definition) is 1. The van der Waals surface area contributed by atoms with Crippen molar-refractivity contribution in [2.45, 2.75) is 26.7 Å². The summed E-state index contributed by atoms with van der Waals surface area (Å²) in [6, 6.07) is 0. The molecule has 0 spiro atoms. The van der Waals surface area contributed by atoms with Gasteiger partial charge in [-0.15, -0.1) is 0 Å². The quantitative estimate of drug-likeness (QED) is 0.724. The summed E-state index contributed by atoms with van der Waals surface area (Å²) in [5.74, 6) is 0.313. The molecule has 4 nitrogen and oxygen atoms in total. The molecule has 1 amide bonds. The molecule has 0 unspecified atom stereocenters. The molecule has 1 heterocycles. The predicted molar refractivity (Wildman–Crippen MR) is 68.6 cm³/mol. The van der Waals surface area contributed by atoms with Gasteiger partial charge in [-0.1, -0.05) is 13.8 Å². The summed E-state index contributed by atoms with van der Waals surface area (Å²) < 4.78 is 0. The number of likely N-dealkylation sites (N-methyl/N-ethyl adjacent to an activating group) is 1. The Labute approximate surface area is 100.0 Å². The van der Waals surface area contributed by atoms with Gasteiger partial charge in [0.25, 0.3) is 0 Å². The molecule has 1 aliphatic heterocycles. The fourth-order valence-corrected chi connectivity index (χ4v) is 1.63. The molecule has 1 aliphatic rings. The Bertz CT molecular complexity index is 177. The van der Waals surface area contributed by atoms with Crippen LogP contribution in [-0.2, 0) is 4.79 Å². The second-order valence-corrected chi connectivity index (χ2v) is 3.89. The molecule has 16 heavy (non-hydrogen) atoms. The third-order valence-electron chi connectivity index (χ3n) is 2.67. The lowest BCUT2D eigenvalue weighted by molar-refractivity contribution is -0.132. The topological polar surface area (TPSA) is 35.6 Å². The molecule has 0 aromatic rings. The minimum absolute atomic E-state index is 0.313. The van der Waals surface area contributed by atoms with E-state index in [1.165, 1.54) is 0 Å². The lowest BCUT2D eigenvalue weighted by Crippen LogP contribution is -2.47. The highest BCUT2D eigenvalue weighted by molar-refractivity contribution is 5.76. The Morgan fingerprint density at radius 1 is 1.19 bits per heavy atom. The molecule has 4 heteroatoms. The zero-order valence-electron chi connectivity index (χ0n) is 11.3. The van der Waals surface area contributed by atoms with Crippen molar-refractivity contribution in [1.82, 2.24) is 15.1 Å². The number of carbonyl (C=O) groups excluding carboxylic acids is 1. The maximum absolute atomic E-state index is 11.7. The molecule has 0 radical (unpaired) electrons. The molecule has 96 valence electrons. The molecule has 0 aromatic carbocycles. The molecule has 1 fully saturated rings. The van der Waals surface area contributed by atoms with Crippen molar-refractivity contribution < 1.29 is 4.79 Å². The molecule has 0 aliphatic carbocycles. The first-order valence-corrected chi connectivity index (χ1v) is 6.35. The second kappa shape index (κ2) is 9.60. The van der Waals surface area contributed by atoms with Crippen molar-refractivity contribution >= 4 is 5.91 Å². The fraction of sp³-hybridized carbons (Fsp3) is 0.917. The van der Waals surface area contributed by atoms with E-state index < -0.39 is 0 Å². The lowest BCUT2D eigenvalue weighted by atomic mass is 10.2. The molecule has 0 aromatic heterocycles. The summed E-state index contributed by atoms with van der Waals surface area (Å²) in [4.78, 5) is 15.9. The van der Waals surface area contributed by atoms with Crippen LogP contribution in [0.3, 0.4) is 0 Å². The van der Waals surface area contributed by atoms with E-state index in [9.17, 15) is 4.79 Å². The number of hydrogen-bond acceptors (Lipinski definition) is 3. The highest BCUT2D eigenvalue weighted by atomic mass is 16.2. The van der Waals surface area contributed by atoms with Crippen molar-refractivity contribution in [3.63, 3.8) is 0 Å². The van der Waals surface area contributed by atoms with E-state index in [1.54, 1.807) is 0 Å². The van der Waals surface area contributed by atoms with E-state index in [1.807, 2.05) is 25.8 Å². The largest absolute Gasteiger partial charge is 0.340 e. The van der Waals surface area contributed by atoms with Crippen LogP contribution in [0, 0.1) is 0 Å². The molecule has 1 rings (SSSR count). The molecule has 0 bridgehead atoms. The van der Waals surface area contributed by atoms with Gasteiger partial charge >= 0.3 is 0 Å². The average molecular weight is 229 g/mol. The van der Waals surface area contributed by atoms with E-state index in [2.05, 4.69) is 17.3 Å². The number of amides is 1. The predicted octanol–water partition coefficient (Wildman–Crippen LogP) is 0.786. The van der Waals surface area contributed by atoms with Crippen molar-refractivity contribution in [1.29, 1.82) is 0 Å². The number of nitrogens with one attached hydrogen (secondary N) is 1. The van der Waals surface area contributed by atoms with Gasteiger partial charge in [-0.25, -0.2) is 0 Å². The lowest BCUT2D eigenvalue weighted by Gasteiger charge is -2.32. The summed E-state index contributed by atoms with van der Waals surface area (Å²) in [7, 11) is 4.02. The van der Waals surface area contributed by atoms with Crippen molar-refractivity contribution in [3.8, 4) is 0 Å². The highest BCUT2D eigenvalue weighted by Gasteiger charge is 2.17. The van der Waals surface area contributed by atoms with Gasteiger partial charge in [-0.05, 0) is 27.1 Å². The van der Waals surface area contributed by atoms with Crippen LogP contribution in [0.5, 0.6) is 0 Å². The normalized spacial score (nSPS) is 16.6. The molecule has 0 atom stereocenters. The number of rotatable bonds is 4. The Kier molecular flexibility index (Phi) is 9.24. The number of nitrogens with zero attached hydrogens (tertiary/aromatic N) is 2. The standard InChI is InChI=1S/C10H21N3O.C2H6/c1-11-5-3-4-10(14)13-8-6-12(2)7-9-13;1-2/h11H,3-9H2,1-2H3;1-2H3. The van der Waals surface area contributed by atoms with Gasteiger partial charge in [-0.3, -0.25) is 4.79 Å². The summed E-state index contributed by atoms with van der Waals surface area (Å²) in [6.45, 7) is 8.75. The summed E-state index contributed by atoms with van der Waals surface area (Å²) in [6.07, 6.45) is 1.63. The van der Waals surface area contributed by atoms with Gasteiger partial charge < -0.3 is 15.1 Å². The van der Waals surface area contributed by atoms with E-state index >= 15 is 0 Å². The van der Waals surface area contributed by atoms with Gasteiger partial charge in [-0.2, -0.15) is 0 Å². The molecule has 1 N–H and O–H groups in total. The first-order chi connectivity index (χ1) is 7.74. The van der Waals surface area contributed by atoms with Gasteiger partial charge in [0.2, 0.25) is 5.91 Å².